The third-order valence-electron chi connectivity index (χ3n) is 5.35. The number of hydrogen-bond donors (Lipinski definition) is 3. The number of allylic oxidation sites excluding steroid dienone is 6. The highest BCUT2D eigenvalue weighted by Crippen LogP contribution is 2.30. The third-order valence-corrected chi connectivity index (χ3v) is 5.35. The number of aliphatic hydroxyl groups is 1. The fourth-order valence-electron chi connectivity index (χ4n) is 3.61. The van der Waals surface area contributed by atoms with Gasteiger partial charge in [-0.15, -0.1) is 0 Å². The number of H-pyrrole nitrogens is 1. The summed E-state index contributed by atoms with van der Waals surface area (Å²) in [7, 11) is 0. The first-order valence-corrected chi connectivity index (χ1v) is 10.3. The van der Waals surface area contributed by atoms with Crippen LogP contribution in [-0.2, 0) is 0 Å². The maximum atomic E-state index is 9.13. The highest BCUT2D eigenvalue weighted by atomic mass is 16.2. The van der Waals surface area contributed by atoms with Gasteiger partial charge in [0.15, 0.2) is 0 Å². The largest absolute Gasteiger partial charge is 0.392 e. The minimum absolute atomic E-state index is 0.00831. The molecule has 0 fully saturated rings. The number of benzene rings is 2. The summed E-state index contributed by atoms with van der Waals surface area (Å²) < 4.78 is 0. The van der Waals surface area contributed by atoms with Crippen LogP contribution in [0.4, 0.5) is 5.69 Å². The van der Waals surface area contributed by atoms with Gasteiger partial charge in [-0.05, 0) is 66.8 Å². The van der Waals surface area contributed by atoms with Crippen molar-refractivity contribution in [3.8, 4) is 0 Å². The van der Waals surface area contributed by atoms with E-state index in [0.717, 1.165) is 55.8 Å². The van der Waals surface area contributed by atoms with E-state index in [2.05, 4.69) is 60.7 Å². The second kappa shape index (κ2) is 9.92. The summed E-state index contributed by atoms with van der Waals surface area (Å²) in [4.78, 5) is 0. The SMILES string of the molecule is C=C\C(=C(C)/C(=C\C)/C=C/CO)c1ccc2[nH]nc(C(=C)Nc3ccccc3C)c2c1. The molecule has 31 heavy (non-hydrogen) atoms. The van der Waals surface area contributed by atoms with Crippen LogP contribution in [0.25, 0.3) is 22.2 Å². The second-order valence-electron chi connectivity index (χ2n) is 7.32. The Labute approximate surface area is 184 Å². The van der Waals surface area contributed by atoms with Gasteiger partial charge in [-0.3, -0.25) is 5.10 Å². The molecule has 0 bridgehead atoms. The van der Waals surface area contributed by atoms with Crippen molar-refractivity contribution in [3.05, 3.63) is 108 Å². The molecule has 0 unspecified atom stereocenters. The maximum absolute atomic E-state index is 9.13. The second-order valence-corrected chi connectivity index (χ2v) is 7.32. The van der Waals surface area contributed by atoms with Crippen molar-refractivity contribution >= 4 is 27.9 Å². The molecular weight excluding hydrogens is 382 g/mol. The first kappa shape index (κ1) is 22.1. The lowest BCUT2D eigenvalue weighted by Gasteiger charge is -2.12. The fourth-order valence-corrected chi connectivity index (χ4v) is 3.61. The smallest absolute Gasteiger partial charge is 0.116 e. The number of rotatable bonds is 8. The first-order valence-electron chi connectivity index (χ1n) is 10.3. The lowest BCUT2D eigenvalue weighted by molar-refractivity contribution is 0.342. The summed E-state index contributed by atoms with van der Waals surface area (Å²) in [6, 6.07) is 14.3. The van der Waals surface area contributed by atoms with E-state index in [-0.39, 0.29) is 6.61 Å². The first-order chi connectivity index (χ1) is 15.0. The van der Waals surface area contributed by atoms with Crippen LogP contribution >= 0.6 is 0 Å². The predicted octanol–water partition coefficient (Wildman–Crippen LogP) is 6.41. The summed E-state index contributed by atoms with van der Waals surface area (Å²) in [5.41, 5.74) is 8.82. The van der Waals surface area contributed by atoms with Gasteiger partial charge in [0.25, 0.3) is 0 Å². The number of anilines is 1. The molecular formula is C27H29N3O. The number of nitrogens with one attached hydrogen (secondary N) is 2. The summed E-state index contributed by atoms with van der Waals surface area (Å²) in [5, 5.41) is 21.1. The molecule has 1 aromatic heterocycles. The molecule has 3 aromatic rings. The average Bonchev–Trinajstić information content (AvgIpc) is 3.20. The number of nitrogens with zero attached hydrogens (tertiary/aromatic N) is 1. The van der Waals surface area contributed by atoms with Gasteiger partial charge < -0.3 is 10.4 Å². The molecule has 158 valence electrons. The number of aryl methyl sites for hydroxylation is 1. The van der Waals surface area contributed by atoms with E-state index in [1.54, 1.807) is 6.08 Å². The highest BCUT2D eigenvalue weighted by molar-refractivity contribution is 5.95. The Bertz CT molecular complexity index is 1210. The molecule has 0 atom stereocenters. The summed E-state index contributed by atoms with van der Waals surface area (Å²) in [6.45, 7) is 14.4. The van der Waals surface area contributed by atoms with Gasteiger partial charge >= 0.3 is 0 Å². The number of fused-ring (bicyclic) bond motifs is 1. The van der Waals surface area contributed by atoms with Crippen LogP contribution in [0.1, 0.15) is 30.7 Å². The molecule has 4 nitrogen and oxygen atoms in total. The normalized spacial score (nSPS) is 12.8. The van der Waals surface area contributed by atoms with Gasteiger partial charge in [0.1, 0.15) is 5.69 Å². The van der Waals surface area contributed by atoms with Crippen molar-refractivity contribution in [2.24, 2.45) is 0 Å². The Balaban J connectivity index is 2.03. The zero-order chi connectivity index (χ0) is 22.4. The maximum Gasteiger partial charge on any atom is 0.116 e. The molecule has 0 saturated heterocycles. The minimum Gasteiger partial charge on any atom is -0.392 e. The molecule has 2 aromatic carbocycles. The third kappa shape index (κ3) is 4.76. The van der Waals surface area contributed by atoms with Crippen LogP contribution in [0.15, 0.2) is 91.1 Å². The quantitative estimate of drug-likeness (QED) is 0.375. The summed E-state index contributed by atoms with van der Waals surface area (Å²) in [5.74, 6) is 0. The molecule has 0 aliphatic heterocycles. The van der Waals surface area contributed by atoms with Crippen LogP contribution in [0, 0.1) is 6.92 Å². The standard InChI is InChI=1S/C27H29N3O/c1-6-21(12-10-16-31)19(4)23(7-2)22-14-15-26-24(17-22)27(30-29-26)20(5)28-25-13-9-8-11-18(25)3/h6-15,17,28,31H,2,5,16H2,1,3-4H3,(H,29,30)/b12-10+,21-6-,23-19+. The van der Waals surface area contributed by atoms with E-state index in [1.165, 1.54) is 0 Å². The number of hydrogen-bond acceptors (Lipinski definition) is 3. The molecule has 1 heterocycles. The zero-order valence-electron chi connectivity index (χ0n) is 18.4. The van der Waals surface area contributed by atoms with Crippen LogP contribution < -0.4 is 5.32 Å². The Kier molecular flexibility index (Phi) is 7.06. The highest BCUT2D eigenvalue weighted by Gasteiger charge is 2.13. The van der Waals surface area contributed by atoms with E-state index in [0.29, 0.717) is 0 Å². The summed E-state index contributed by atoms with van der Waals surface area (Å²) in [6.07, 6.45) is 7.56. The molecule has 0 saturated carbocycles. The van der Waals surface area contributed by atoms with Crippen molar-refractivity contribution in [1.82, 2.24) is 10.2 Å². The van der Waals surface area contributed by atoms with E-state index in [4.69, 9.17) is 5.11 Å². The van der Waals surface area contributed by atoms with Crippen LogP contribution in [0.3, 0.4) is 0 Å². The predicted molar refractivity (Wildman–Crippen MR) is 133 cm³/mol. The number of para-hydroxylation sites is 1. The van der Waals surface area contributed by atoms with Crippen LogP contribution in [-0.4, -0.2) is 21.9 Å². The molecule has 0 aliphatic carbocycles. The molecule has 3 rings (SSSR count). The van der Waals surface area contributed by atoms with E-state index in [9.17, 15) is 0 Å². The minimum atomic E-state index is 0.00831. The topological polar surface area (TPSA) is 60.9 Å². The molecule has 0 spiro atoms. The number of aromatic amines is 1. The molecule has 3 N–H and O–H groups in total. The Hall–Kier alpha value is -3.63. The fraction of sp³-hybridized carbons (Fsp3) is 0.148. The Morgan fingerprint density at radius 2 is 2.00 bits per heavy atom. The lowest BCUT2D eigenvalue weighted by atomic mass is 9.94. The average molecular weight is 412 g/mol. The molecule has 0 amide bonds. The van der Waals surface area contributed by atoms with Crippen molar-refractivity contribution in [2.45, 2.75) is 20.8 Å². The molecule has 4 heteroatoms. The number of aromatic nitrogens is 2. The van der Waals surface area contributed by atoms with Crippen molar-refractivity contribution in [3.63, 3.8) is 0 Å². The van der Waals surface area contributed by atoms with E-state index >= 15 is 0 Å². The molecule has 0 radical (unpaired) electrons. The molecule has 0 aliphatic rings. The Morgan fingerprint density at radius 1 is 1.23 bits per heavy atom. The van der Waals surface area contributed by atoms with Crippen LogP contribution in [0.2, 0.25) is 0 Å². The van der Waals surface area contributed by atoms with E-state index < -0.39 is 0 Å². The van der Waals surface area contributed by atoms with Gasteiger partial charge in [0, 0.05) is 11.1 Å². The van der Waals surface area contributed by atoms with E-state index in [1.807, 2.05) is 49.4 Å². The lowest BCUT2D eigenvalue weighted by Crippen LogP contribution is -2.00. The van der Waals surface area contributed by atoms with Gasteiger partial charge in [-0.2, -0.15) is 5.10 Å². The van der Waals surface area contributed by atoms with Gasteiger partial charge in [-0.1, -0.05) is 61.7 Å². The summed E-state index contributed by atoms with van der Waals surface area (Å²) >= 11 is 0. The zero-order valence-corrected chi connectivity index (χ0v) is 18.4. The van der Waals surface area contributed by atoms with Gasteiger partial charge in [0.05, 0.1) is 17.8 Å². The van der Waals surface area contributed by atoms with Gasteiger partial charge in [0.2, 0.25) is 0 Å². The van der Waals surface area contributed by atoms with Gasteiger partial charge in [-0.25, -0.2) is 0 Å². The monoisotopic (exact) mass is 411 g/mol. The van der Waals surface area contributed by atoms with Crippen molar-refractivity contribution in [1.29, 1.82) is 0 Å². The van der Waals surface area contributed by atoms with Crippen molar-refractivity contribution in [2.75, 3.05) is 11.9 Å². The van der Waals surface area contributed by atoms with Crippen molar-refractivity contribution < 1.29 is 5.11 Å². The number of aliphatic hydroxyl groups excluding tert-OH is 1. The van der Waals surface area contributed by atoms with Crippen LogP contribution in [0.5, 0.6) is 0 Å². The Morgan fingerprint density at radius 3 is 2.68 bits per heavy atom.